The summed E-state index contributed by atoms with van der Waals surface area (Å²) in [6, 6.07) is 5.29. The van der Waals surface area contributed by atoms with E-state index in [0.717, 1.165) is 0 Å². The van der Waals surface area contributed by atoms with E-state index < -0.39 is 0 Å². The van der Waals surface area contributed by atoms with Crippen molar-refractivity contribution in [3.8, 4) is 11.5 Å². The molecule has 0 atom stereocenters. The summed E-state index contributed by atoms with van der Waals surface area (Å²) in [6.07, 6.45) is 0. The molecule has 0 spiro atoms. The molecule has 0 fully saturated rings. The molecule has 0 saturated heterocycles. The molecule has 2 N–H and O–H groups in total. The van der Waals surface area contributed by atoms with Gasteiger partial charge in [0.05, 0.1) is 20.3 Å². The van der Waals surface area contributed by atoms with Gasteiger partial charge >= 0.3 is 0 Å². The number of likely N-dealkylation sites (N-methyl/N-ethyl adjacent to an activating group) is 1. The third kappa shape index (κ3) is 3.96. The molecule has 0 aliphatic rings. The number of hydrogen-bond donors (Lipinski definition) is 2. The van der Waals surface area contributed by atoms with Gasteiger partial charge in [-0.1, -0.05) is 0 Å². The minimum Gasteiger partial charge on any atom is -0.493 e. The average Bonchev–Trinajstić information content (AvgIpc) is 2.31. The van der Waals surface area contributed by atoms with E-state index in [1.54, 1.807) is 32.4 Å². The summed E-state index contributed by atoms with van der Waals surface area (Å²) in [4.78, 5) is 11.4. The highest BCUT2D eigenvalue weighted by Crippen LogP contribution is 2.30. The molecule has 5 nitrogen and oxygen atoms in total. The Morgan fingerprint density at radius 3 is 2.71 bits per heavy atom. The summed E-state index contributed by atoms with van der Waals surface area (Å²) in [7, 11) is 3.29. The predicted octanol–water partition coefficient (Wildman–Crippen LogP) is 1.25. The van der Waals surface area contributed by atoms with Crippen molar-refractivity contribution in [2.45, 2.75) is 6.92 Å². The molecular weight excluding hydrogens is 220 g/mol. The van der Waals surface area contributed by atoms with Crippen molar-refractivity contribution in [1.29, 1.82) is 0 Å². The molecule has 0 saturated carbocycles. The van der Waals surface area contributed by atoms with Crippen LogP contribution in [0.5, 0.6) is 11.5 Å². The Kier molecular flexibility index (Phi) is 5.29. The molecule has 0 aliphatic heterocycles. The third-order valence-corrected chi connectivity index (χ3v) is 2.08. The number of anilines is 1. The molecule has 0 heterocycles. The van der Waals surface area contributed by atoms with E-state index in [4.69, 9.17) is 9.47 Å². The van der Waals surface area contributed by atoms with Crippen LogP contribution in [0.1, 0.15) is 6.92 Å². The summed E-state index contributed by atoms with van der Waals surface area (Å²) in [5, 5.41) is 5.53. The Bertz CT molecular complexity index is 380. The van der Waals surface area contributed by atoms with Gasteiger partial charge in [-0.05, 0) is 26.1 Å². The monoisotopic (exact) mass is 238 g/mol. The predicted molar refractivity (Wildman–Crippen MR) is 66.7 cm³/mol. The zero-order valence-corrected chi connectivity index (χ0v) is 10.4. The number of methoxy groups -OCH3 is 1. The first kappa shape index (κ1) is 13.3. The molecule has 1 amide bonds. The second kappa shape index (κ2) is 6.75. The quantitative estimate of drug-likeness (QED) is 0.783. The minimum absolute atomic E-state index is 0.0984. The largest absolute Gasteiger partial charge is 0.493 e. The van der Waals surface area contributed by atoms with Gasteiger partial charge in [0.15, 0.2) is 11.5 Å². The number of amides is 1. The van der Waals surface area contributed by atoms with E-state index in [9.17, 15) is 4.79 Å². The zero-order chi connectivity index (χ0) is 12.7. The Morgan fingerprint density at radius 2 is 2.12 bits per heavy atom. The minimum atomic E-state index is -0.0984. The first-order chi connectivity index (χ1) is 8.21. The van der Waals surface area contributed by atoms with Crippen molar-refractivity contribution in [3.05, 3.63) is 18.2 Å². The van der Waals surface area contributed by atoms with Crippen molar-refractivity contribution in [2.24, 2.45) is 0 Å². The van der Waals surface area contributed by atoms with Crippen LogP contribution in [0.3, 0.4) is 0 Å². The van der Waals surface area contributed by atoms with Gasteiger partial charge in [-0.25, -0.2) is 0 Å². The van der Waals surface area contributed by atoms with Gasteiger partial charge in [0, 0.05) is 11.8 Å². The maximum absolute atomic E-state index is 11.4. The normalized spacial score (nSPS) is 9.82. The van der Waals surface area contributed by atoms with E-state index in [2.05, 4.69) is 10.6 Å². The van der Waals surface area contributed by atoms with Gasteiger partial charge in [0.1, 0.15) is 0 Å². The lowest BCUT2D eigenvalue weighted by Gasteiger charge is -2.11. The first-order valence-corrected chi connectivity index (χ1v) is 5.46. The molecule has 5 heteroatoms. The van der Waals surface area contributed by atoms with Gasteiger partial charge in [-0.15, -0.1) is 0 Å². The highest BCUT2D eigenvalue weighted by atomic mass is 16.5. The smallest absolute Gasteiger partial charge is 0.238 e. The van der Waals surface area contributed by atoms with Gasteiger partial charge in [0.2, 0.25) is 5.91 Å². The van der Waals surface area contributed by atoms with E-state index in [1.807, 2.05) is 6.92 Å². The van der Waals surface area contributed by atoms with Crippen molar-refractivity contribution in [3.63, 3.8) is 0 Å². The number of nitrogens with one attached hydrogen (secondary N) is 2. The number of rotatable bonds is 6. The Labute approximate surface area is 101 Å². The van der Waals surface area contributed by atoms with Gasteiger partial charge < -0.3 is 20.1 Å². The standard InChI is InChI=1S/C12H18N2O3/c1-4-17-10-6-5-9(7-11(10)16-3)14-12(15)8-13-2/h5-7,13H,4,8H2,1-3H3,(H,14,15). The van der Waals surface area contributed by atoms with Gasteiger partial charge in [-0.2, -0.15) is 0 Å². The highest BCUT2D eigenvalue weighted by molar-refractivity contribution is 5.92. The summed E-state index contributed by atoms with van der Waals surface area (Å²) >= 11 is 0. The second-order valence-electron chi connectivity index (χ2n) is 3.38. The maximum Gasteiger partial charge on any atom is 0.238 e. The van der Waals surface area contributed by atoms with Crippen LogP contribution in [-0.4, -0.2) is 33.2 Å². The fourth-order valence-corrected chi connectivity index (χ4v) is 1.39. The third-order valence-electron chi connectivity index (χ3n) is 2.08. The van der Waals surface area contributed by atoms with Crippen LogP contribution < -0.4 is 20.1 Å². The van der Waals surface area contributed by atoms with Crippen LogP contribution in [0.15, 0.2) is 18.2 Å². The molecule has 0 bridgehead atoms. The van der Waals surface area contributed by atoms with Crippen LogP contribution in [0, 0.1) is 0 Å². The lowest BCUT2D eigenvalue weighted by molar-refractivity contribution is -0.115. The van der Waals surface area contributed by atoms with Crippen molar-refractivity contribution in [2.75, 3.05) is 32.6 Å². The van der Waals surface area contributed by atoms with Crippen LogP contribution in [0.2, 0.25) is 0 Å². The second-order valence-corrected chi connectivity index (χ2v) is 3.38. The number of hydrogen-bond acceptors (Lipinski definition) is 4. The van der Waals surface area contributed by atoms with Crippen LogP contribution >= 0.6 is 0 Å². The van der Waals surface area contributed by atoms with E-state index in [-0.39, 0.29) is 12.5 Å². The van der Waals surface area contributed by atoms with Gasteiger partial charge in [-0.3, -0.25) is 4.79 Å². The molecule has 0 aromatic heterocycles. The van der Waals surface area contributed by atoms with Crippen molar-refractivity contribution >= 4 is 11.6 Å². The Hall–Kier alpha value is -1.75. The summed E-state index contributed by atoms with van der Waals surface area (Å²) in [6.45, 7) is 2.75. The van der Waals surface area contributed by atoms with Crippen LogP contribution in [0.25, 0.3) is 0 Å². The molecule has 0 radical (unpaired) electrons. The summed E-state index contributed by atoms with van der Waals surface area (Å²) < 4.78 is 10.6. The number of benzene rings is 1. The van der Waals surface area contributed by atoms with Crippen LogP contribution in [-0.2, 0) is 4.79 Å². The fraction of sp³-hybridized carbons (Fsp3) is 0.417. The lowest BCUT2D eigenvalue weighted by Crippen LogP contribution is -2.25. The SMILES string of the molecule is CCOc1ccc(NC(=O)CNC)cc1OC. The molecule has 1 rings (SSSR count). The van der Waals surface area contributed by atoms with Crippen LogP contribution in [0.4, 0.5) is 5.69 Å². The van der Waals surface area contributed by atoms with Crippen molar-refractivity contribution in [1.82, 2.24) is 5.32 Å². The molecular formula is C12H18N2O3. The molecule has 1 aromatic carbocycles. The lowest BCUT2D eigenvalue weighted by atomic mass is 10.2. The summed E-state index contributed by atoms with van der Waals surface area (Å²) in [5.74, 6) is 1.18. The molecule has 0 aliphatic carbocycles. The molecule has 17 heavy (non-hydrogen) atoms. The number of carbonyl (C=O) groups excluding carboxylic acids is 1. The first-order valence-electron chi connectivity index (χ1n) is 5.46. The van der Waals surface area contributed by atoms with E-state index >= 15 is 0 Å². The summed E-state index contributed by atoms with van der Waals surface area (Å²) in [5.41, 5.74) is 0.686. The fourth-order valence-electron chi connectivity index (χ4n) is 1.39. The Morgan fingerprint density at radius 1 is 1.35 bits per heavy atom. The van der Waals surface area contributed by atoms with E-state index in [0.29, 0.717) is 23.8 Å². The molecule has 1 aromatic rings. The average molecular weight is 238 g/mol. The number of carbonyl (C=O) groups is 1. The maximum atomic E-state index is 11.4. The molecule has 94 valence electrons. The van der Waals surface area contributed by atoms with Gasteiger partial charge in [0.25, 0.3) is 0 Å². The van der Waals surface area contributed by atoms with E-state index in [1.165, 1.54) is 0 Å². The molecule has 0 unspecified atom stereocenters. The number of ether oxygens (including phenoxy) is 2. The highest BCUT2D eigenvalue weighted by Gasteiger charge is 2.07. The Balaban J connectivity index is 2.78. The topological polar surface area (TPSA) is 59.6 Å². The zero-order valence-electron chi connectivity index (χ0n) is 10.4. The van der Waals surface area contributed by atoms with Crippen molar-refractivity contribution < 1.29 is 14.3 Å².